The maximum atomic E-state index is 15.0. The highest BCUT2D eigenvalue weighted by Gasteiger charge is 2.44. The Hall–Kier alpha value is -4.59. The Kier molecular flexibility index (Phi) is 6.60. The van der Waals surface area contributed by atoms with Gasteiger partial charge in [0.15, 0.2) is 11.5 Å². The van der Waals surface area contributed by atoms with E-state index in [1.807, 2.05) is 0 Å². The smallest absolute Gasteiger partial charge is 0.319 e. The zero-order valence-electron chi connectivity index (χ0n) is 22.8. The minimum Gasteiger partial charge on any atom is -0.493 e. The highest BCUT2D eigenvalue weighted by molar-refractivity contribution is 7.18. The van der Waals surface area contributed by atoms with Crippen LogP contribution >= 0.6 is 11.3 Å². The quantitative estimate of drug-likeness (QED) is 0.351. The van der Waals surface area contributed by atoms with Crippen LogP contribution in [0.15, 0.2) is 24.3 Å². The van der Waals surface area contributed by atoms with Crippen LogP contribution < -0.4 is 25.4 Å². The van der Waals surface area contributed by atoms with Crippen molar-refractivity contribution in [1.29, 1.82) is 0 Å². The Morgan fingerprint density at radius 1 is 1.12 bits per heavy atom. The molecule has 0 radical (unpaired) electrons. The second kappa shape index (κ2) is 10.0. The molecule has 42 heavy (non-hydrogen) atoms. The topological polar surface area (TPSA) is 156 Å². The fraction of sp³-hybridized carbons (Fsp3) is 0.357. The molecule has 1 aromatic heterocycles. The van der Waals surface area contributed by atoms with Crippen LogP contribution in [0, 0.1) is 5.82 Å². The second-order valence-electron chi connectivity index (χ2n) is 10.8. The molecule has 0 spiro atoms. The van der Waals surface area contributed by atoms with E-state index in [0.29, 0.717) is 15.2 Å². The monoisotopic (exact) mass is 595 g/mol. The van der Waals surface area contributed by atoms with Crippen molar-refractivity contribution >= 4 is 56.9 Å². The van der Waals surface area contributed by atoms with Crippen molar-refractivity contribution in [1.82, 2.24) is 20.5 Å². The number of thiazole rings is 1. The molecule has 3 heterocycles. The molecular formula is C28H26FN5O7S. The van der Waals surface area contributed by atoms with Gasteiger partial charge in [0.1, 0.15) is 16.6 Å². The number of imide groups is 2. The number of aromatic nitrogens is 1. The summed E-state index contributed by atoms with van der Waals surface area (Å²) < 4.78 is 26.6. The van der Waals surface area contributed by atoms with Crippen molar-refractivity contribution in [3.8, 4) is 11.5 Å². The van der Waals surface area contributed by atoms with Crippen LogP contribution in [-0.2, 0) is 15.1 Å². The molecule has 1 atom stereocenters. The lowest BCUT2D eigenvalue weighted by atomic mass is 10.0. The van der Waals surface area contributed by atoms with Gasteiger partial charge in [-0.2, -0.15) is 4.39 Å². The van der Waals surface area contributed by atoms with Crippen molar-refractivity contribution < 1.29 is 37.8 Å². The van der Waals surface area contributed by atoms with E-state index in [4.69, 9.17) is 9.47 Å². The van der Waals surface area contributed by atoms with Gasteiger partial charge in [-0.1, -0.05) is 0 Å². The lowest BCUT2D eigenvalue weighted by Crippen LogP contribution is -2.54. The highest BCUT2D eigenvalue weighted by atomic mass is 32.1. The average Bonchev–Trinajstić information content (AvgIpc) is 3.59. The summed E-state index contributed by atoms with van der Waals surface area (Å²) in [5, 5.41) is 8.15. The summed E-state index contributed by atoms with van der Waals surface area (Å²) in [6.45, 7) is 3.48. The summed E-state index contributed by atoms with van der Waals surface area (Å²) in [6.07, 6.45) is 1.65. The van der Waals surface area contributed by atoms with E-state index in [1.54, 1.807) is 19.9 Å². The summed E-state index contributed by atoms with van der Waals surface area (Å²) in [5.74, 6) is -3.05. The number of piperidine rings is 1. The van der Waals surface area contributed by atoms with Gasteiger partial charge < -0.3 is 20.1 Å². The first-order chi connectivity index (χ1) is 20.0. The lowest BCUT2D eigenvalue weighted by Gasteiger charge is -2.27. The van der Waals surface area contributed by atoms with E-state index in [0.717, 1.165) is 17.7 Å². The Morgan fingerprint density at radius 3 is 2.55 bits per heavy atom. The number of ether oxygens (including phenoxy) is 2. The summed E-state index contributed by atoms with van der Waals surface area (Å²) in [4.78, 5) is 68.3. The first-order valence-corrected chi connectivity index (χ1v) is 14.1. The van der Waals surface area contributed by atoms with Crippen molar-refractivity contribution in [2.45, 2.75) is 57.2 Å². The first-order valence-electron chi connectivity index (χ1n) is 13.3. The number of benzene rings is 2. The van der Waals surface area contributed by atoms with Gasteiger partial charge in [-0.15, -0.1) is 11.3 Å². The van der Waals surface area contributed by atoms with E-state index < -0.39 is 47.1 Å². The predicted molar refractivity (Wildman–Crippen MR) is 148 cm³/mol. The number of anilines is 1. The van der Waals surface area contributed by atoms with Gasteiger partial charge in [0.2, 0.25) is 17.6 Å². The number of carbonyl (C=O) groups is 5. The van der Waals surface area contributed by atoms with Crippen LogP contribution in [0.5, 0.6) is 11.5 Å². The summed E-state index contributed by atoms with van der Waals surface area (Å²) in [7, 11) is 1.37. The van der Waals surface area contributed by atoms with Crippen molar-refractivity contribution in [2.24, 2.45) is 0 Å². The van der Waals surface area contributed by atoms with Crippen LogP contribution in [0.4, 0.5) is 14.9 Å². The molecule has 1 aliphatic carbocycles. The van der Waals surface area contributed by atoms with E-state index in [9.17, 15) is 24.0 Å². The summed E-state index contributed by atoms with van der Waals surface area (Å²) in [6, 6.07) is 4.08. The van der Waals surface area contributed by atoms with Gasteiger partial charge in [-0.05, 0) is 51.3 Å². The highest BCUT2D eigenvalue weighted by Crippen LogP contribution is 2.42. The minimum atomic E-state index is -1.09. The number of fused-ring (bicyclic) bond motifs is 2. The molecule has 12 nitrogen and oxygen atoms in total. The van der Waals surface area contributed by atoms with E-state index in [2.05, 4.69) is 20.9 Å². The van der Waals surface area contributed by atoms with Gasteiger partial charge in [0.05, 0.1) is 34.6 Å². The second-order valence-corrected chi connectivity index (χ2v) is 11.8. The van der Waals surface area contributed by atoms with Gasteiger partial charge in [0.25, 0.3) is 11.8 Å². The van der Waals surface area contributed by atoms with Crippen LogP contribution in [0.1, 0.15) is 65.3 Å². The zero-order chi connectivity index (χ0) is 29.9. The van der Waals surface area contributed by atoms with Gasteiger partial charge in [-0.3, -0.25) is 29.4 Å². The molecule has 6 rings (SSSR count). The maximum absolute atomic E-state index is 15.0. The predicted octanol–water partition coefficient (Wildman–Crippen LogP) is 3.44. The largest absolute Gasteiger partial charge is 0.493 e. The third-order valence-electron chi connectivity index (χ3n) is 7.23. The molecule has 2 fully saturated rings. The number of nitrogens with zero attached hydrogens (tertiary/aromatic N) is 2. The Balaban J connectivity index is 1.19. The number of methoxy groups -OCH3 is 1. The standard InChI is InChI=1S/C28H26FN5O7S/c1-28(2,26-32-21-18(42-26)11-17(40-3)20(29)22(21)41-13-5-6-13)33-27(39)30-12-4-7-14-15(10-12)25(38)34(24(14)37)16-8-9-19(35)31-23(16)36/h4,7,10-11,13,16H,5-6,8-9H2,1-3H3,(H2,30,33,39)(H,31,35,36). The maximum Gasteiger partial charge on any atom is 0.319 e. The third-order valence-corrected chi connectivity index (χ3v) is 8.56. The molecule has 3 aromatic rings. The minimum absolute atomic E-state index is 0.0125. The molecule has 0 bridgehead atoms. The van der Waals surface area contributed by atoms with Crippen LogP contribution in [0.3, 0.4) is 0 Å². The first kappa shape index (κ1) is 27.6. The molecule has 3 N–H and O–H groups in total. The molecule has 3 aliphatic rings. The number of rotatable bonds is 7. The number of carbonyl (C=O) groups excluding carboxylic acids is 5. The third kappa shape index (κ3) is 4.81. The van der Waals surface area contributed by atoms with Crippen molar-refractivity contribution in [3.63, 3.8) is 0 Å². The molecule has 2 aromatic carbocycles. The van der Waals surface area contributed by atoms with Gasteiger partial charge >= 0.3 is 6.03 Å². The molecule has 1 unspecified atom stereocenters. The molecule has 6 amide bonds. The molecule has 1 saturated heterocycles. The van der Waals surface area contributed by atoms with Crippen molar-refractivity contribution in [3.05, 3.63) is 46.2 Å². The van der Waals surface area contributed by atoms with E-state index >= 15 is 4.39 Å². The van der Waals surface area contributed by atoms with Crippen LogP contribution in [0.25, 0.3) is 10.2 Å². The normalized spacial score (nSPS) is 18.7. The fourth-order valence-electron chi connectivity index (χ4n) is 4.92. The van der Waals surface area contributed by atoms with Crippen LogP contribution in [0.2, 0.25) is 0 Å². The average molecular weight is 596 g/mol. The zero-order valence-corrected chi connectivity index (χ0v) is 23.6. The van der Waals surface area contributed by atoms with Gasteiger partial charge in [-0.25, -0.2) is 9.78 Å². The Bertz CT molecular complexity index is 1700. The number of amides is 6. The van der Waals surface area contributed by atoms with E-state index in [-0.39, 0.29) is 47.3 Å². The SMILES string of the molecule is COc1cc2sc(C(C)(C)NC(=O)Nc3ccc4c(c3)C(=O)N(C3CCC(=O)NC3=O)C4=O)nc2c(OC2CC2)c1F. The molecular weight excluding hydrogens is 569 g/mol. The lowest BCUT2D eigenvalue weighted by molar-refractivity contribution is -0.136. The number of hydrogen-bond donors (Lipinski definition) is 3. The number of urea groups is 1. The van der Waals surface area contributed by atoms with Crippen LogP contribution in [-0.4, -0.2) is 58.8 Å². The Labute approximate surface area is 242 Å². The van der Waals surface area contributed by atoms with E-state index in [1.165, 1.54) is 36.6 Å². The molecule has 14 heteroatoms. The molecule has 1 saturated carbocycles. The summed E-state index contributed by atoms with van der Waals surface area (Å²) in [5.41, 5.74) is -0.286. The molecule has 2 aliphatic heterocycles. The van der Waals surface area contributed by atoms with Crippen molar-refractivity contribution in [2.75, 3.05) is 12.4 Å². The number of hydrogen-bond acceptors (Lipinski definition) is 9. The number of nitrogens with one attached hydrogen (secondary N) is 3. The fourth-order valence-corrected chi connectivity index (χ4v) is 5.97. The number of halogens is 1. The summed E-state index contributed by atoms with van der Waals surface area (Å²) >= 11 is 1.26. The Morgan fingerprint density at radius 2 is 1.86 bits per heavy atom. The van der Waals surface area contributed by atoms with Gasteiger partial charge in [0, 0.05) is 18.2 Å². The molecule has 218 valence electrons.